The molecule has 4 heteroatoms. The Morgan fingerprint density at radius 1 is 1.03 bits per heavy atom. The molecule has 1 saturated heterocycles. The summed E-state index contributed by atoms with van der Waals surface area (Å²) in [6.45, 7) is 10.3. The number of carbonyl (C=O) groups is 2. The lowest BCUT2D eigenvalue weighted by atomic mass is 9.88. The smallest absolute Gasteiger partial charge is 0.227 e. The lowest BCUT2D eigenvalue weighted by Gasteiger charge is -2.31. The predicted molar refractivity (Wildman–Crippen MR) is 123 cm³/mol. The van der Waals surface area contributed by atoms with Crippen LogP contribution in [-0.2, 0) is 11.2 Å². The van der Waals surface area contributed by atoms with Crippen LogP contribution in [0.25, 0.3) is 10.1 Å². The minimum absolute atomic E-state index is 0.137. The molecule has 0 saturated carbocycles. The van der Waals surface area contributed by atoms with Gasteiger partial charge in [-0.05, 0) is 42.7 Å². The second-order valence-electron chi connectivity index (χ2n) is 9.43. The average Bonchev–Trinajstić information content (AvgIpc) is 3.23. The number of likely N-dealkylation sites (tertiary alicyclic amines) is 1. The Labute approximate surface area is 179 Å². The highest BCUT2D eigenvalue weighted by atomic mass is 32.1. The van der Waals surface area contributed by atoms with E-state index in [1.807, 2.05) is 32.9 Å². The predicted octanol–water partition coefficient (Wildman–Crippen LogP) is 6.63. The summed E-state index contributed by atoms with van der Waals surface area (Å²) >= 11 is 1.55. The van der Waals surface area contributed by atoms with Crippen molar-refractivity contribution in [1.82, 2.24) is 4.90 Å². The third kappa shape index (κ3) is 4.58. The Balaban J connectivity index is 1.97. The molecular formula is C25H35NO2S. The Morgan fingerprint density at radius 2 is 1.62 bits per heavy atom. The standard InChI is InChI=1S/C25H35NO2S/c1-6-10-17-14-15-18(11-7-2)26(17)22(27)16-20-19-12-8-9-13-21(19)29-23(20)24(28)25(3,4)5/h8-9,12-13,17-18H,6-7,10-11,14-16H2,1-5H3/t17-,18+. The van der Waals surface area contributed by atoms with Crippen molar-refractivity contribution in [2.75, 3.05) is 0 Å². The van der Waals surface area contributed by atoms with Crippen LogP contribution in [0, 0.1) is 5.41 Å². The van der Waals surface area contributed by atoms with E-state index in [0.29, 0.717) is 18.5 Å². The molecule has 1 fully saturated rings. The molecule has 1 aromatic heterocycles. The third-order valence-electron chi connectivity index (χ3n) is 6.07. The number of hydrogen-bond donors (Lipinski definition) is 0. The van der Waals surface area contributed by atoms with E-state index in [1.54, 1.807) is 11.3 Å². The molecule has 0 N–H and O–H groups in total. The number of nitrogens with zero attached hydrogens (tertiary/aromatic N) is 1. The van der Waals surface area contributed by atoms with Crippen LogP contribution in [0.5, 0.6) is 0 Å². The molecule has 1 aliphatic heterocycles. The van der Waals surface area contributed by atoms with Crippen LogP contribution in [0.3, 0.4) is 0 Å². The van der Waals surface area contributed by atoms with E-state index >= 15 is 0 Å². The van der Waals surface area contributed by atoms with E-state index in [9.17, 15) is 9.59 Å². The first-order valence-corrected chi connectivity index (χ1v) is 12.0. The molecule has 29 heavy (non-hydrogen) atoms. The summed E-state index contributed by atoms with van der Waals surface area (Å²) in [6, 6.07) is 8.84. The monoisotopic (exact) mass is 413 g/mol. The average molecular weight is 414 g/mol. The van der Waals surface area contributed by atoms with Crippen LogP contribution in [0.15, 0.2) is 24.3 Å². The molecular weight excluding hydrogens is 378 g/mol. The van der Waals surface area contributed by atoms with Gasteiger partial charge in [0.05, 0.1) is 11.3 Å². The number of amides is 1. The maximum Gasteiger partial charge on any atom is 0.227 e. The van der Waals surface area contributed by atoms with Gasteiger partial charge < -0.3 is 4.90 Å². The van der Waals surface area contributed by atoms with Crippen molar-refractivity contribution in [3.63, 3.8) is 0 Å². The first kappa shape index (κ1) is 22.0. The quantitative estimate of drug-likeness (QED) is 0.478. The summed E-state index contributed by atoms with van der Waals surface area (Å²) in [5.74, 6) is 0.337. The minimum atomic E-state index is -0.457. The highest BCUT2D eigenvalue weighted by Gasteiger charge is 2.37. The van der Waals surface area contributed by atoms with Gasteiger partial charge in [0.25, 0.3) is 0 Å². The second kappa shape index (κ2) is 8.99. The summed E-state index contributed by atoms with van der Waals surface area (Å²) in [7, 11) is 0. The van der Waals surface area contributed by atoms with E-state index in [2.05, 4.69) is 30.9 Å². The lowest BCUT2D eigenvalue weighted by Crippen LogP contribution is -2.42. The fraction of sp³-hybridized carbons (Fsp3) is 0.600. The normalized spacial score (nSPS) is 19.8. The number of Topliss-reactive ketones (excluding diaryl/α,β-unsaturated/α-hetero) is 1. The first-order chi connectivity index (χ1) is 13.8. The van der Waals surface area contributed by atoms with E-state index in [-0.39, 0.29) is 11.7 Å². The van der Waals surface area contributed by atoms with Gasteiger partial charge in [-0.3, -0.25) is 9.59 Å². The SMILES string of the molecule is CCC[C@@H]1CC[C@H](CCC)N1C(=O)Cc1c(C(=O)C(C)(C)C)sc2ccccc12. The molecule has 2 heterocycles. The van der Waals surface area contributed by atoms with Crippen LogP contribution in [-0.4, -0.2) is 28.7 Å². The largest absolute Gasteiger partial charge is 0.336 e. The Kier molecular flexibility index (Phi) is 6.83. The van der Waals surface area contributed by atoms with Crippen LogP contribution >= 0.6 is 11.3 Å². The summed E-state index contributed by atoms with van der Waals surface area (Å²) in [4.78, 5) is 29.7. The third-order valence-corrected chi connectivity index (χ3v) is 7.28. The molecule has 2 atom stereocenters. The Bertz CT molecular complexity index is 863. The van der Waals surface area contributed by atoms with Crippen LogP contribution in [0.2, 0.25) is 0 Å². The number of benzene rings is 1. The minimum Gasteiger partial charge on any atom is -0.336 e. The summed E-state index contributed by atoms with van der Waals surface area (Å²) in [6.07, 6.45) is 6.91. The molecule has 0 bridgehead atoms. The molecule has 2 aromatic rings. The molecule has 1 amide bonds. The van der Waals surface area contributed by atoms with Crippen molar-refractivity contribution in [3.8, 4) is 0 Å². The number of hydrogen-bond acceptors (Lipinski definition) is 3. The van der Waals surface area contributed by atoms with Crippen molar-refractivity contribution < 1.29 is 9.59 Å². The van der Waals surface area contributed by atoms with Crippen molar-refractivity contribution in [1.29, 1.82) is 0 Å². The van der Waals surface area contributed by atoms with Gasteiger partial charge in [-0.15, -0.1) is 11.3 Å². The first-order valence-electron chi connectivity index (χ1n) is 11.1. The lowest BCUT2D eigenvalue weighted by molar-refractivity contribution is -0.133. The van der Waals surface area contributed by atoms with Crippen molar-refractivity contribution in [2.24, 2.45) is 5.41 Å². The molecule has 0 unspecified atom stereocenters. The number of carbonyl (C=O) groups excluding carboxylic acids is 2. The molecule has 0 spiro atoms. The zero-order chi connectivity index (χ0) is 21.2. The second-order valence-corrected chi connectivity index (χ2v) is 10.5. The van der Waals surface area contributed by atoms with Crippen molar-refractivity contribution in [2.45, 2.75) is 91.6 Å². The van der Waals surface area contributed by atoms with E-state index in [4.69, 9.17) is 0 Å². The maximum absolute atomic E-state index is 13.6. The Morgan fingerprint density at radius 3 is 2.17 bits per heavy atom. The maximum atomic E-state index is 13.6. The topological polar surface area (TPSA) is 37.4 Å². The van der Waals surface area contributed by atoms with Crippen LogP contribution < -0.4 is 0 Å². The van der Waals surface area contributed by atoms with Gasteiger partial charge >= 0.3 is 0 Å². The van der Waals surface area contributed by atoms with Gasteiger partial charge in [-0.25, -0.2) is 0 Å². The molecule has 3 nitrogen and oxygen atoms in total. The molecule has 0 aliphatic carbocycles. The zero-order valence-corrected chi connectivity index (χ0v) is 19.4. The molecule has 1 aliphatic rings. The number of thiophene rings is 1. The summed E-state index contributed by atoms with van der Waals surface area (Å²) in [5, 5.41) is 1.07. The van der Waals surface area contributed by atoms with Gasteiger partial charge in [0, 0.05) is 22.2 Å². The van der Waals surface area contributed by atoms with Crippen molar-refractivity contribution >= 4 is 33.1 Å². The molecule has 3 rings (SSSR count). The van der Waals surface area contributed by atoms with Crippen LogP contribution in [0.1, 0.15) is 88.4 Å². The Hall–Kier alpha value is -1.68. The zero-order valence-electron chi connectivity index (χ0n) is 18.6. The van der Waals surface area contributed by atoms with E-state index < -0.39 is 5.41 Å². The number of ketones is 1. The van der Waals surface area contributed by atoms with Gasteiger partial charge in [-0.2, -0.15) is 0 Å². The molecule has 0 radical (unpaired) electrons. The van der Waals surface area contributed by atoms with Gasteiger partial charge in [0.2, 0.25) is 5.91 Å². The van der Waals surface area contributed by atoms with Gasteiger partial charge in [0.1, 0.15) is 0 Å². The fourth-order valence-corrected chi connectivity index (χ4v) is 6.01. The fourth-order valence-electron chi connectivity index (χ4n) is 4.64. The number of rotatable bonds is 7. The van der Waals surface area contributed by atoms with E-state index in [1.165, 1.54) is 0 Å². The van der Waals surface area contributed by atoms with Crippen LogP contribution in [0.4, 0.5) is 0 Å². The molecule has 158 valence electrons. The van der Waals surface area contributed by atoms with E-state index in [0.717, 1.165) is 59.1 Å². The van der Waals surface area contributed by atoms with Gasteiger partial charge in [-0.1, -0.05) is 65.7 Å². The summed E-state index contributed by atoms with van der Waals surface area (Å²) < 4.78 is 1.10. The highest BCUT2D eigenvalue weighted by molar-refractivity contribution is 7.21. The van der Waals surface area contributed by atoms with Crippen molar-refractivity contribution in [3.05, 3.63) is 34.7 Å². The number of fused-ring (bicyclic) bond motifs is 1. The molecule has 1 aromatic carbocycles. The summed E-state index contributed by atoms with van der Waals surface area (Å²) in [5.41, 5.74) is 0.481. The van der Waals surface area contributed by atoms with Gasteiger partial charge in [0.15, 0.2) is 5.78 Å². The highest BCUT2D eigenvalue weighted by Crippen LogP contribution is 2.37.